The van der Waals surface area contributed by atoms with E-state index < -0.39 is 0 Å². The Hall–Kier alpha value is -2.64. The van der Waals surface area contributed by atoms with E-state index in [1.807, 2.05) is 11.0 Å². The van der Waals surface area contributed by atoms with Crippen LogP contribution >= 0.6 is 0 Å². The van der Waals surface area contributed by atoms with Crippen LogP contribution in [-0.4, -0.2) is 40.3 Å². The van der Waals surface area contributed by atoms with E-state index in [9.17, 15) is 9.18 Å². The van der Waals surface area contributed by atoms with Crippen LogP contribution in [0.2, 0.25) is 0 Å². The molecule has 1 aromatic heterocycles. The van der Waals surface area contributed by atoms with Crippen LogP contribution in [0, 0.1) is 11.7 Å². The number of amides is 2. The maximum atomic E-state index is 13.9. The number of aromatic amines is 1. The third kappa shape index (κ3) is 4.71. The molecule has 8 heteroatoms. The van der Waals surface area contributed by atoms with Crippen LogP contribution in [0.15, 0.2) is 24.3 Å². The largest absolute Gasteiger partial charge is 0.369 e. The molecule has 2 heterocycles. The number of benzene rings is 1. The van der Waals surface area contributed by atoms with Crippen LogP contribution in [0.25, 0.3) is 0 Å². The molecule has 7 nitrogen and oxygen atoms in total. The van der Waals surface area contributed by atoms with Crippen molar-refractivity contribution in [1.29, 1.82) is 0 Å². The molecule has 0 atom stereocenters. The Bertz CT molecular complexity index is 739. The van der Waals surface area contributed by atoms with Gasteiger partial charge in [-0.2, -0.15) is 4.98 Å². The minimum atomic E-state index is -0.315. The van der Waals surface area contributed by atoms with Gasteiger partial charge in [0, 0.05) is 25.6 Å². The van der Waals surface area contributed by atoms with Crippen LogP contribution in [0.4, 0.5) is 20.8 Å². The molecule has 0 bridgehead atoms. The predicted molar refractivity (Wildman–Crippen MR) is 98.7 cm³/mol. The molecule has 26 heavy (non-hydrogen) atoms. The first-order valence-corrected chi connectivity index (χ1v) is 8.99. The molecule has 2 aromatic rings. The van der Waals surface area contributed by atoms with Gasteiger partial charge in [-0.05, 0) is 30.9 Å². The number of halogens is 1. The smallest absolute Gasteiger partial charge is 0.321 e. The van der Waals surface area contributed by atoms with Crippen molar-refractivity contribution in [3.8, 4) is 0 Å². The van der Waals surface area contributed by atoms with Crippen molar-refractivity contribution in [2.75, 3.05) is 23.3 Å². The molecule has 0 unspecified atom stereocenters. The number of carbonyl (C=O) groups is 1. The second-order valence-corrected chi connectivity index (χ2v) is 7.01. The van der Waals surface area contributed by atoms with Crippen molar-refractivity contribution in [3.05, 3.63) is 35.9 Å². The molecule has 140 valence electrons. The highest BCUT2D eigenvalue weighted by Crippen LogP contribution is 2.22. The maximum Gasteiger partial charge on any atom is 0.321 e. The third-order valence-corrected chi connectivity index (χ3v) is 4.38. The average Bonchev–Trinajstić information content (AvgIpc) is 3.02. The van der Waals surface area contributed by atoms with Gasteiger partial charge in [0.2, 0.25) is 5.95 Å². The summed E-state index contributed by atoms with van der Waals surface area (Å²) in [4.78, 5) is 18.4. The van der Waals surface area contributed by atoms with Crippen LogP contribution in [0.1, 0.15) is 32.5 Å². The van der Waals surface area contributed by atoms with Crippen molar-refractivity contribution in [1.82, 2.24) is 20.5 Å². The predicted octanol–water partition coefficient (Wildman–Crippen LogP) is 2.93. The van der Waals surface area contributed by atoms with E-state index >= 15 is 0 Å². The lowest BCUT2D eigenvalue weighted by atomic mass is 10.0. The van der Waals surface area contributed by atoms with Crippen molar-refractivity contribution >= 4 is 17.7 Å². The van der Waals surface area contributed by atoms with Crippen LogP contribution in [0.5, 0.6) is 0 Å². The zero-order valence-corrected chi connectivity index (χ0v) is 15.1. The van der Waals surface area contributed by atoms with E-state index in [1.165, 1.54) is 6.07 Å². The van der Waals surface area contributed by atoms with E-state index in [-0.39, 0.29) is 23.8 Å². The van der Waals surface area contributed by atoms with Crippen molar-refractivity contribution in [2.45, 2.75) is 39.2 Å². The highest BCUT2D eigenvalue weighted by molar-refractivity contribution is 5.87. The molecule has 1 fully saturated rings. The summed E-state index contributed by atoms with van der Waals surface area (Å²) in [5, 5.41) is 12.4. The number of hydrogen-bond donors (Lipinski definition) is 3. The Morgan fingerprint density at radius 1 is 1.35 bits per heavy atom. The van der Waals surface area contributed by atoms with Crippen molar-refractivity contribution < 1.29 is 9.18 Å². The molecular weight excluding hydrogens is 335 g/mol. The Balaban J connectivity index is 1.46. The number of piperidine rings is 1. The molecule has 3 rings (SSSR count). The SMILES string of the molecule is CC(C)Cc1nc(NC(=O)NC2CCN(c3ccccc3F)CC2)n[nH]1. The first-order chi connectivity index (χ1) is 12.5. The van der Waals surface area contributed by atoms with E-state index in [0.717, 1.165) is 25.1 Å². The highest BCUT2D eigenvalue weighted by Gasteiger charge is 2.22. The standard InChI is InChI=1S/C18H25FN6O/c1-12(2)11-16-21-17(24-23-16)22-18(26)20-13-7-9-25(10-8-13)15-6-4-3-5-14(15)19/h3-6,12-13H,7-11H2,1-2H3,(H3,20,21,22,23,24,26). The van der Waals surface area contributed by atoms with Gasteiger partial charge in [0.1, 0.15) is 11.6 Å². The molecule has 3 N–H and O–H groups in total. The van der Waals surface area contributed by atoms with Crippen molar-refractivity contribution in [2.24, 2.45) is 5.92 Å². The summed E-state index contributed by atoms with van der Waals surface area (Å²) in [5.74, 6) is 1.29. The topological polar surface area (TPSA) is 85.9 Å². The minimum Gasteiger partial charge on any atom is -0.369 e. The zero-order chi connectivity index (χ0) is 18.5. The number of rotatable bonds is 5. The summed E-state index contributed by atoms with van der Waals surface area (Å²) in [6, 6.07) is 6.51. The fraction of sp³-hybridized carbons (Fsp3) is 0.500. The Morgan fingerprint density at radius 3 is 2.77 bits per heavy atom. The average molecular weight is 360 g/mol. The summed E-state index contributed by atoms with van der Waals surface area (Å²) in [6.07, 6.45) is 2.30. The lowest BCUT2D eigenvalue weighted by molar-refractivity contribution is 0.245. The number of anilines is 2. The van der Waals surface area contributed by atoms with Crippen LogP contribution < -0.4 is 15.5 Å². The van der Waals surface area contributed by atoms with Gasteiger partial charge in [-0.15, -0.1) is 5.10 Å². The number of carbonyl (C=O) groups excluding carboxylic acids is 1. The van der Waals surface area contributed by atoms with E-state index in [2.05, 4.69) is 39.7 Å². The summed E-state index contributed by atoms with van der Waals surface area (Å²) in [6.45, 7) is 5.59. The molecule has 1 aliphatic heterocycles. The minimum absolute atomic E-state index is 0.0482. The number of nitrogens with one attached hydrogen (secondary N) is 3. The number of aromatic nitrogens is 3. The molecular formula is C18H25FN6O. The quantitative estimate of drug-likeness (QED) is 0.765. The van der Waals surface area contributed by atoms with Gasteiger partial charge < -0.3 is 10.2 Å². The number of H-pyrrole nitrogens is 1. The second-order valence-electron chi connectivity index (χ2n) is 7.01. The van der Waals surface area contributed by atoms with Gasteiger partial charge in [-0.25, -0.2) is 9.18 Å². The van der Waals surface area contributed by atoms with Gasteiger partial charge in [-0.1, -0.05) is 26.0 Å². The Labute approximate surface area is 152 Å². The third-order valence-electron chi connectivity index (χ3n) is 4.38. The molecule has 1 aliphatic rings. The van der Waals surface area contributed by atoms with Gasteiger partial charge in [0.15, 0.2) is 0 Å². The summed E-state index contributed by atoms with van der Waals surface area (Å²) >= 11 is 0. The maximum absolute atomic E-state index is 13.9. The fourth-order valence-electron chi connectivity index (χ4n) is 3.13. The lowest BCUT2D eigenvalue weighted by Gasteiger charge is -2.34. The van der Waals surface area contributed by atoms with Gasteiger partial charge in [0.05, 0.1) is 5.69 Å². The van der Waals surface area contributed by atoms with Crippen LogP contribution in [0.3, 0.4) is 0 Å². The summed E-state index contributed by atoms with van der Waals surface area (Å²) in [7, 11) is 0. The van der Waals surface area contributed by atoms with Gasteiger partial charge in [0.25, 0.3) is 0 Å². The van der Waals surface area contributed by atoms with E-state index in [1.54, 1.807) is 12.1 Å². The molecule has 0 radical (unpaired) electrons. The first-order valence-electron chi connectivity index (χ1n) is 8.99. The molecule has 1 aromatic carbocycles. The summed E-state index contributed by atoms with van der Waals surface area (Å²) < 4.78 is 13.9. The number of para-hydroxylation sites is 1. The molecule has 1 saturated heterocycles. The summed E-state index contributed by atoms with van der Waals surface area (Å²) in [5.41, 5.74) is 0.619. The van der Waals surface area contributed by atoms with E-state index in [0.29, 0.717) is 24.7 Å². The number of urea groups is 1. The Morgan fingerprint density at radius 2 is 2.08 bits per heavy atom. The van der Waals surface area contributed by atoms with Crippen molar-refractivity contribution in [3.63, 3.8) is 0 Å². The highest BCUT2D eigenvalue weighted by atomic mass is 19.1. The normalized spacial score (nSPS) is 15.3. The molecule has 0 aliphatic carbocycles. The number of nitrogens with zero attached hydrogens (tertiary/aromatic N) is 3. The zero-order valence-electron chi connectivity index (χ0n) is 15.1. The second kappa shape index (κ2) is 8.16. The molecule has 0 spiro atoms. The monoisotopic (exact) mass is 360 g/mol. The first kappa shape index (κ1) is 18.2. The van der Waals surface area contributed by atoms with Gasteiger partial charge >= 0.3 is 6.03 Å². The lowest BCUT2D eigenvalue weighted by Crippen LogP contribution is -2.46. The van der Waals surface area contributed by atoms with Gasteiger partial charge in [-0.3, -0.25) is 10.4 Å². The Kier molecular flexibility index (Phi) is 5.70. The molecule has 0 saturated carbocycles. The van der Waals surface area contributed by atoms with E-state index in [4.69, 9.17) is 0 Å². The fourth-order valence-corrected chi connectivity index (χ4v) is 3.13. The van der Waals surface area contributed by atoms with Crippen LogP contribution in [-0.2, 0) is 6.42 Å². The number of hydrogen-bond acceptors (Lipinski definition) is 4. The molecule has 2 amide bonds.